The molecule has 12 atom stereocenters. The van der Waals surface area contributed by atoms with E-state index in [0.29, 0.717) is 12.8 Å². The van der Waals surface area contributed by atoms with Crippen LogP contribution in [-0.4, -0.2) is 84.3 Å². The van der Waals surface area contributed by atoms with Crippen LogP contribution in [0.3, 0.4) is 0 Å². The summed E-state index contributed by atoms with van der Waals surface area (Å²) in [7, 11) is 2.94. The zero-order chi connectivity index (χ0) is 42.3. The van der Waals surface area contributed by atoms with Crippen LogP contribution in [0.5, 0.6) is 0 Å². The molecule has 328 valence electrons. The fourth-order valence-electron chi connectivity index (χ4n) is 8.06. The molecular weight excluding hydrogens is 728 g/mol. The zero-order valence-electron chi connectivity index (χ0n) is 37.3. The normalized spacial score (nSPS) is 34.0. The molecule has 2 heterocycles. The van der Waals surface area contributed by atoms with E-state index in [1.54, 1.807) is 19.9 Å². The minimum absolute atomic E-state index is 0. The lowest BCUT2D eigenvalue weighted by molar-refractivity contribution is -0.329. The van der Waals surface area contributed by atoms with Gasteiger partial charge in [0.15, 0.2) is 5.79 Å². The third kappa shape index (κ3) is 15.3. The zero-order valence-corrected chi connectivity index (χ0v) is 37.3. The van der Waals surface area contributed by atoms with Gasteiger partial charge in [-0.15, -0.1) is 0 Å². The SMILES string of the molecule is C=C(CCCC)O[C@@H]1[C@H](C)/C=C(C)/C=C(\OC)C(=O)O[C@H]([C@@H](C)[C@@H](O)[C@H](C)[C@@]2(O)C[C@@H](OC(=O)CCCC)[C@H](C)[C@H](C(C)C)O2)[C@@H](OC)/C=C/C=C(\C)C[C@@H]1C.O. The van der Waals surface area contributed by atoms with Gasteiger partial charge in [0.1, 0.15) is 24.4 Å². The van der Waals surface area contributed by atoms with Gasteiger partial charge in [-0.25, -0.2) is 4.79 Å². The Kier molecular flexibility index (Phi) is 22.7. The molecule has 1 saturated heterocycles. The monoisotopic (exact) mass is 807 g/mol. The van der Waals surface area contributed by atoms with Crippen LogP contribution in [0.1, 0.15) is 128 Å². The Morgan fingerprint density at radius 2 is 1.65 bits per heavy atom. The number of hydrogen-bond acceptors (Lipinski definition) is 10. The van der Waals surface area contributed by atoms with Crippen LogP contribution in [0.4, 0.5) is 0 Å². The highest BCUT2D eigenvalue weighted by Crippen LogP contribution is 2.43. The third-order valence-electron chi connectivity index (χ3n) is 11.6. The summed E-state index contributed by atoms with van der Waals surface area (Å²) in [6.07, 6.45) is 10.7. The number of aliphatic hydroxyl groups excluding tert-OH is 1. The minimum atomic E-state index is -1.85. The van der Waals surface area contributed by atoms with Gasteiger partial charge < -0.3 is 44.1 Å². The number of carbonyl (C=O) groups excluding carboxylic acids is 2. The third-order valence-corrected chi connectivity index (χ3v) is 11.6. The van der Waals surface area contributed by atoms with Gasteiger partial charge in [-0.05, 0) is 51.0 Å². The molecule has 11 heteroatoms. The number of ether oxygens (including phenoxy) is 6. The van der Waals surface area contributed by atoms with Crippen LogP contribution in [0.2, 0.25) is 0 Å². The molecule has 0 amide bonds. The first-order valence-electron chi connectivity index (χ1n) is 21.0. The van der Waals surface area contributed by atoms with E-state index in [1.165, 1.54) is 14.2 Å². The molecule has 2 aliphatic heterocycles. The van der Waals surface area contributed by atoms with Crippen LogP contribution in [0.15, 0.2) is 59.6 Å². The average Bonchev–Trinajstić information content (AvgIpc) is 3.14. The molecule has 0 aromatic heterocycles. The van der Waals surface area contributed by atoms with E-state index in [-0.39, 0.29) is 53.4 Å². The Balaban J connectivity index is 0.0000162. The van der Waals surface area contributed by atoms with E-state index in [1.807, 2.05) is 52.8 Å². The smallest absolute Gasteiger partial charge is 0.373 e. The van der Waals surface area contributed by atoms with Crippen molar-refractivity contribution < 1.29 is 53.7 Å². The molecule has 4 N–H and O–H groups in total. The first kappa shape index (κ1) is 52.1. The molecular formula is C46H78O11. The van der Waals surface area contributed by atoms with Gasteiger partial charge in [0.25, 0.3) is 0 Å². The Morgan fingerprint density at radius 1 is 1.02 bits per heavy atom. The van der Waals surface area contributed by atoms with E-state index >= 15 is 0 Å². The highest BCUT2D eigenvalue weighted by Gasteiger charge is 2.53. The molecule has 0 saturated carbocycles. The largest absolute Gasteiger partial charge is 0.495 e. The first-order chi connectivity index (χ1) is 26.3. The molecule has 0 bridgehead atoms. The van der Waals surface area contributed by atoms with Crippen molar-refractivity contribution in [3.8, 4) is 0 Å². The maximum atomic E-state index is 13.9. The molecule has 0 spiro atoms. The van der Waals surface area contributed by atoms with Crippen LogP contribution in [0, 0.1) is 35.5 Å². The molecule has 0 aromatic carbocycles. The topological polar surface area (TPSA) is 161 Å². The number of rotatable bonds is 16. The number of hydrogen-bond donors (Lipinski definition) is 2. The van der Waals surface area contributed by atoms with E-state index in [4.69, 9.17) is 28.4 Å². The van der Waals surface area contributed by atoms with Gasteiger partial charge in [-0.1, -0.05) is 117 Å². The Morgan fingerprint density at radius 3 is 2.23 bits per heavy atom. The number of methoxy groups -OCH3 is 2. The number of aliphatic hydroxyl groups is 2. The quantitative estimate of drug-likeness (QED) is 0.115. The summed E-state index contributed by atoms with van der Waals surface area (Å²) in [6, 6.07) is 0. The number of cyclic esters (lactones) is 1. The lowest BCUT2D eigenvalue weighted by Crippen LogP contribution is -2.59. The van der Waals surface area contributed by atoms with Crippen LogP contribution < -0.4 is 0 Å². The fraction of sp³-hybridized carbons (Fsp3) is 0.739. The number of carbonyl (C=O) groups is 2. The minimum Gasteiger partial charge on any atom is -0.495 e. The molecule has 1 fully saturated rings. The molecule has 0 radical (unpaired) electrons. The Bertz CT molecular complexity index is 1380. The van der Waals surface area contributed by atoms with Gasteiger partial charge in [0.05, 0.1) is 25.1 Å². The predicted octanol–water partition coefficient (Wildman–Crippen LogP) is 8.34. The summed E-state index contributed by atoms with van der Waals surface area (Å²) >= 11 is 0. The number of esters is 2. The summed E-state index contributed by atoms with van der Waals surface area (Å²) < 4.78 is 36.5. The van der Waals surface area contributed by atoms with E-state index in [9.17, 15) is 19.8 Å². The molecule has 0 aromatic rings. The molecule has 2 aliphatic rings. The number of allylic oxidation sites excluding steroid dienone is 6. The summed E-state index contributed by atoms with van der Waals surface area (Å²) in [5, 5.41) is 24.3. The highest BCUT2D eigenvalue weighted by molar-refractivity contribution is 5.87. The lowest BCUT2D eigenvalue weighted by atomic mass is 9.76. The van der Waals surface area contributed by atoms with Crippen molar-refractivity contribution in [2.45, 2.75) is 170 Å². The van der Waals surface area contributed by atoms with Crippen LogP contribution >= 0.6 is 0 Å². The molecule has 0 unspecified atom stereocenters. The van der Waals surface area contributed by atoms with Crippen molar-refractivity contribution in [3.63, 3.8) is 0 Å². The Labute approximate surface area is 344 Å². The predicted molar refractivity (Wildman–Crippen MR) is 225 cm³/mol. The summed E-state index contributed by atoms with van der Waals surface area (Å²) in [5.41, 5.74) is 1.92. The van der Waals surface area contributed by atoms with E-state index < -0.39 is 54.1 Å². The highest BCUT2D eigenvalue weighted by atomic mass is 16.6. The van der Waals surface area contributed by atoms with Gasteiger partial charge in [-0.2, -0.15) is 0 Å². The Hall–Kier alpha value is -2.96. The molecule has 57 heavy (non-hydrogen) atoms. The van der Waals surface area contributed by atoms with Crippen molar-refractivity contribution in [3.05, 3.63) is 59.6 Å². The van der Waals surface area contributed by atoms with Gasteiger partial charge >= 0.3 is 11.9 Å². The molecule has 2 rings (SSSR count). The van der Waals surface area contributed by atoms with Gasteiger partial charge in [-0.3, -0.25) is 4.79 Å². The van der Waals surface area contributed by atoms with Crippen molar-refractivity contribution in [2.75, 3.05) is 14.2 Å². The maximum absolute atomic E-state index is 13.9. The van der Waals surface area contributed by atoms with Gasteiger partial charge in [0.2, 0.25) is 5.76 Å². The number of unbranched alkanes of at least 4 members (excludes halogenated alkanes) is 2. The molecule has 0 aliphatic carbocycles. The standard InChI is InChI=1S/C46H76O10.H2O/c1-15-17-21-33(9)53-43-31(7)24-29(5)20-19-22-37(51-13)44(55-45(49)38(52-14)26-30(6)25-32(43)8)35(11)41(48)36(12)46(50)27-39(54-40(47)23-18-16-2)34(10)42(56-46)28(3)4;/h19-20,22,25-26,28,31-32,34-37,39,41-44,48,50H,9,15-18,21,23-24,27H2,1-8,10-14H3;1H2/b22-19+,29-20+,30-25+,38-26-;/t31-,32+,34-,35-,36-,37-,39+,41+,42-,43-,44+,46+;/m0./s1. The van der Waals surface area contributed by atoms with E-state index in [0.717, 1.165) is 49.0 Å². The molecule has 11 nitrogen and oxygen atoms in total. The second-order valence-electron chi connectivity index (χ2n) is 16.9. The fourth-order valence-corrected chi connectivity index (χ4v) is 8.06. The second kappa shape index (κ2) is 24.8. The average molecular weight is 807 g/mol. The van der Waals surface area contributed by atoms with Crippen molar-refractivity contribution in [1.82, 2.24) is 0 Å². The van der Waals surface area contributed by atoms with Gasteiger partial charge in [0, 0.05) is 50.0 Å². The van der Waals surface area contributed by atoms with Crippen molar-refractivity contribution in [1.29, 1.82) is 0 Å². The lowest BCUT2D eigenvalue weighted by Gasteiger charge is -2.50. The first-order valence-corrected chi connectivity index (χ1v) is 21.0. The van der Waals surface area contributed by atoms with Crippen LogP contribution in [-0.2, 0) is 38.0 Å². The summed E-state index contributed by atoms with van der Waals surface area (Å²) in [4.78, 5) is 26.7. The summed E-state index contributed by atoms with van der Waals surface area (Å²) in [6.45, 7) is 26.0. The second-order valence-corrected chi connectivity index (χ2v) is 16.9. The van der Waals surface area contributed by atoms with Crippen molar-refractivity contribution >= 4 is 11.9 Å². The van der Waals surface area contributed by atoms with Crippen LogP contribution in [0.25, 0.3) is 0 Å². The summed E-state index contributed by atoms with van der Waals surface area (Å²) in [5.74, 6) is -3.83. The maximum Gasteiger partial charge on any atom is 0.373 e. The van der Waals surface area contributed by atoms with E-state index in [2.05, 4.69) is 40.3 Å². The van der Waals surface area contributed by atoms with Crippen molar-refractivity contribution in [2.24, 2.45) is 35.5 Å².